The van der Waals surface area contributed by atoms with Gasteiger partial charge in [-0.3, -0.25) is 4.79 Å². The van der Waals surface area contributed by atoms with Gasteiger partial charge in [0.1, 0.15) is 5.82 Å². The van der Waals surface area contributed by atoms with Gasteiger partial charge in [0.15, 0.2) is 0 Å². The summed E-state index contributed by atoms with van der Waals surface area (Å²) in [5.74, 6) is 0.956. The molecule has 1 saturated heterocycles. The largest absolute Gasteiger partial charge is 0.337 e. The van der Waals surface area contributed by atoms with E-state index in [4.69, 9.17) is 11.6 Å². The Labute approximate surface area is 153 Å². The van der Waals surface area contributed by atoms with Gasteiger partial charge in [-0.1, -0.05) is 17.7 Å². The summed E-state index contributed by atoms with van der Waals surface area (Å²) < 4.78 is 1.98. The van der Waals surface area contributed by atoms with E-state index in [2.05, 4.69) is 10.3 Å². The topological polar surface area (TPSA) is 50.2 Å². The molecule has 2 fully saturated rings. The van der Waals surface area contributed by atoms with E-state index in [0.29, 0.717) is 17.1 Å². The molecule has 1 aromatic carbocycles. The van der Waals surface area contributed by atoms with E-state index in [9.17, 15) is 4.79 Å². The first-order valence-corrected chi connectivity index (χ1v) is 9.20. The summed E-state index contributed by atoms with van der Waals surface area (Å²) in [5.41, 5.74) is 0.933. The maximum absolute atomic E-state index is 13.3. The molecule has 2 heterocycles. The van der Waals surface area contributed by atoms with Crippen LogP contribution in [0.25, 0.3) is 0 Å². The number of carbonyl (C=O) groups excluding carboxylic acids is 1. The van der Waals surface area contributed by atoms with E-state index in [1.165, 1.54) is 0 Å². The summed E-state index contributed by atoms with van der Waals surface area (Å²) >= 11 is 6.10. The minimum Gasteiger partial charge on any atom is -0.337 e. The van der Waals surface area contributed by atoms with Gasteiger partial charge >= 0.3 is 0 Å². The minimum absolute atomic E-state index is 0.0471. The summed E-state index contributed by atoms with van der Waals surface area (Å²) in [4.78, 5) is 19.7. The first-order chi connectivity index (χ1) is 12.1. The van der Waals surface area contributed by atoms with Gasteiger partial charge in [-0.2, -0.15) is 0 Å². The summed E-state index contributed by atoms with van der Waals surface area (Å²) in [6.07, 6.45) is 7.07. The molecular formula is C19H23ClN4O. The number of aromatic nitrogens is 2. The van der Waals surface area contributed by atoms with Crippen LogP contribution in [0.5, 0.6) is 0 Å². The number of aryl methyl sites for hydroxylation is 1. The molecule has 1 atom stereocenters. The number of hydrogen-bond acceptors (Lipinski definition) is 3. The Kier molecular flexibility index (Phi) is 4.29. The van der Waals surface area contributed by atoms with Crippen molar-refractivity contribution in [1.29, 1.82) is 0 Å². The molecule has 1 N–H and O–H groups in total. The van der Waals surface area contributed by atoms with Gasteiger partial charge in [-0.15, -0.1) is 0 Å². The predicted octanol–water partition coefficient (Wildman–Crippen LogP) is 2.86. The highest BCUT2D eigenvalue weighted by Crippen LogP contribution is 2.56. The first-order valence-electron chi connectivity index (χ1n) is 8.82. The van der Waals surface area contributed by atoms with Gasteiger partial charge in [0, 0.05) is 36.1 Å². The summed E-state index contributed by atoms with van der Waals surface area (Å²) in [6.45, 7) is 2.62. The average molecular weight is 359 g/mol. The summed E-state index contributed by atoms with van der Waals surface area (Å²) in [6, 6.07) is 7.52. The number of nitrogens with one attached hydrogen (secondary N) is 1. The third-order valence-electron chi connectivity index (χ3n) is 5.69. The van der Waals surface area contributed by atoms with Gasteiger partial charge in [0.25, 0.3) is 5.91 Å². The lowest BCUT2D eigenvalue weighted by molar-refractivity contribution is 0.0685. The fourth-order valence-electron chi connectivity index (χ4n) is 4.04. The highest BCUT2D eigenvalue weighted by Gasteiger charge is 2.57. The molecule has 5 nitrogen and oxygen atoms in total. The second kappa shape index (κ2) is 6.46. The average Bonchev–Trinajstić information content (AvgIpc) is 3.13. The molecule has 6 heteroatoms. The van der Waals surface area contributed by atoms with Gasteiger partial charge in [0.2, 0.25) is 0 Å². The Morgan fingerprint density at radius 3 is 2.92 bits per heavy atom. The van der Waals surface area contributed by atoms with Crippen molar-refractivity contribution in [1.82, 2.24) is 19.8 Å². The third kappa shape index (κ3) is 3.18. The van der Waals surface area contributed by atoms with Gasteiger partial charge in [-0.25, -0.2) is 4.98 Å². The van der Waals surface area contributed by atoms with E-state index in [-0.39, 0.29) is 17.4 Å². The molecule has 0 unspecified atom stereocenters. The predicted molar refractivity (Wildman–Crippen MR) is 97.5 cm³/mol. The standard InChI is InChI=1S/C19H23ClN4O/c1-23-10-9-22-17(23)13-24(16-12-19(16)5-7-21-8-6-19)18(25)14-3-2-4-15(20)11-14/h2-4,9-11,16,21H,5-8,12-13H2,1H3/t16-/m1/s1. The van der Waals surface area contributed by atoms with Crippen molar-refractivity contribution >= 4 is 17.5 Å². The molecule has 1 aliphatic heterocycles. The Hall–Kier alpha value is -1.85. The highest BCUT2D eigenvalue weighted by atomic mass is 35.5. The van der Waals surface area contributed by atoms with Crippen LogP contribution in [0.15, 0.2) is 36.7 Å². The number of nitrogens with zero attached hydrogens (tertiary/aromatic N) is 3. The van der Waals surface area contributed by atoms with Crippen molar-refractivity contribution in [3.8, 4) is 0 Å². The second-order valence-corrected chi connectivity index (χ2v) is 7.67. The molecule has 1 aliphatic carbocycles. The number of imidazole rings is 1. The van der Waals surface area contributed by atoms with Crippen LogP contribution in [0.3, 0.4) is 0 Å². The SMILES string of the molecule is Cn1ccnc1CN(C(=O)c1cccc(Cl)c1)[C@@H]1CC12CCNCC2. The Bertz CT molecular complexity index is 781. The van der Waals surface area contributed by atoms with Gasteiger partial charge < -0.3 is 14.8 Å². The lowest BCUT2D eigenvalue weighted by Gasteiger charge is -2.29. The summed E-state index contributed by atoms with van der Waals surface area (Å²) in [7, 11) is 1.97. The molecule has 1 aromatic heterocycles. The zero-order chi connectivity index (χ0) is 17.4. The fraction of sp³-hybridized carbons (Fsp3) is 0.474. The molecule has 0 bridgehead atoms. The van der Waals surface area contributed by atoms with Crippen LogP contribution < -0.4 is 5.32 Å². The van der Waals surface area contributed by atoms with Crippen LogP contribution in [-0.2, 0) is 13.6 Å². The molecule has 1 saturated carbocycles. The molecule has 1 spiro atoms. The summed E-state index contributed by atoms with van der Waals surface area (Å²) in [5, 5.41) is 4.02. The van der Waals surface area contributed by atoms with E-state index < -0.39 is 0 Å². The molecule has 1 amide bonds. The Morgan fingerprint density at radius 2 is 2.24 bits per heavy atom. The minimum atomic E-state index is 0.0471. The van der Waals surface area contributed by atoms with Crippen molar-refractivity contribution < 1.29 is 4.79 Å². The fourth-order valence-corrected chi connectivity index (χ4v) is 4.23. The molecule has 4 rings (SSSR count). The quantitative estimate of drug-likeness (QED) is 0.914. The van der Waals surface area contributed by atoms with Crippen molar-refractivity contribution in [2.45, 2.75) is 31.8 Å². The van der Waals surface area contributed by atoms with Crippen molar-refractivity contribution in [3.63, 3.8) is 0 Å². The first kappa shape index (κ1) is 16.6. The molecule has 2 aromatic rings. The van der Waals surface area contributed by atoms with Gasteiger partial charge in [-0.05, 0) is 56.0 Å². The number of carbonyl (C=O) groups is 1. The van der Waals surface area contributed by atoms with E-state index in [1.807, 2.05) is 34.8 Å². The van der Waals surface area contributed by atoms with E-state index >= 15 is 0 Å². The molecule has 2 aliphatic rings. The van der Waals surface area contributed by atoms with Crippen molar-refractivity contribution in [3.05, 3.63) is 53.1 Å². The van der Waals surface area contributed by atoms with Crippen LogP contribution in [0.4, 0.5) is 0 Å². The lowest BCUT2D eigenvalue weighted by Crippen LogP contribution is -2.39. The van der Waals surface area contributed by atoms with Crippen LogP contribution in [0.1, 0.15) is 35.4 Å². The number of hydrogen-bond donors (Lipinski definition) is 1. The van der Waals surface area contributed by atoms with E-state index in [0.717, 1.165) is 38.2 Å². The van der Waals surface area contributed by atoms with Crippen molar-refractivity contribution in [2.24, 2.45) is 12.5 Å². The molecule has 0 radical (unpaired) electrons. The maximum Gasteiger partial charge on any atom is 0.254 e. The van der Waals surface area contributed by atoms with Crippen LogP contribution in [-0.4, -0.2) is 39.5 Å². The van der Waals surface area contributed by atoms with Crippen LogP contribution in [0, 0.1) is 5.41 Å². The molecule has 132 valence electrons. The number of piperidine rings is 1. The second-order valence-electron chi connectivity index (χ2n) is 7.23. The molecular weight excluding hydrogens is 336 g/mol. The maximum atomic E-state index is 13.3. The lowest BCUT2D eigenvalue weighted by atomic mass is 9.93. The Morgan fingerprint density at radius 1 is 1.44 bits per heavy atom. The number of amides is 1. The number of benzene rings is 1. The van der Waals surface area contributed by atoms with Crippen LogP contribution in [0.2, 0.25) is 5.02 Å². The highest BCUT2D eigenvalue weighted by molar-refractivity contribution is 6.30. The van der Waals surface area contributed by atoms with Crippen molar-refractivity contribution in [2.75, 3.05) is 13.1 Å². The van der Waals surface area contributed by atoms with Gasteiger partial charge in [0.05, 0.1) is 6.54 Å². The Balaban J connectivity index is 1.62. The number of rotatable bonds is 4. The zero-order valence-corrected chi connectivity index (χ0v) is 15.2. The smallest absolute Gasteiger partial charge is 0.254 e. The third-order valence-corrected chi connectivity index (χ3v) is 5.92. The normalized spacial score (nSPS) is 21.3. The van der Waals surface area contributed by atoms with E-state index in [1.54, 1.807) is 18.3 Å². The molecule has 25 heavy (non-hydrogen) atoms. The zero-order valence-electron chi connectivity index (χ0n) is 14.4. The van der Waals surface area contributed by atoms with Crippen LogP contribution >= 0.6 is 11.6 Å². The monoisotopic (exact) mass is 358 g/mol. The number of halogens is 1.